The maximum absolute atomic E-state index is 10.6. The van der Waals surface area contributed by atoms with Gasteiger partial charge in [0.2, 0.25) is 0 Å². The molecule has 2 aliphatic carbocycles. The summed E-state index contributed by atoms with van der Waals surface area (Å²) in [4.78, 5) is 10.6. The second-order valence-corrected chi connectivity index (χ2v) is 3.78. The number of carbonyl (C=O) groups excluding carboxylic acids is 1. The molecule has 0 aromatic heterocycles. The molecule has 64 valence electrons. The zero-order valence-electron chi connectivity index (χ0n) is 7.20. The van der Waals surface area contributed by atoms with E-state index in [2.05, 4.69) is 18.2 Å². The van der Waals surface area contributed by atoms with Gasteiger partial charge in [0.25, 0.3) is 0 Å². The van der Waals surface area contributed by atoms with Gasteiger partial charge in [0, 0.05) is 5.92 Å². The van der Waals surface area contributed by atoms with Crippen molar-refractivity contribution in [2.24, 2.45) is 11.8 Å². The van der Waals surface area contributed by atoms with Gasteiger partial charge in [-0.15, -0.1) is 0 Å². The van der Waals surface area contributed by atoms with Crippen molar-refractivity contribution in [2.45, 2.75) is 25.7 Å². The standard InChI is InChI=1S/C11H14O/c12-8-9-5-6-10-3-1-2-4-11(10)7-9/h1-2,4,8-10H,3,5-7H2. The van der Waals surface area contributed by atoms with Crippen LogP contribution in [0.25, 0.3) is 0 Å². The van der Waals surface area contributed by atoms with Crippen molar-refractivity contribution < 1.29 is 4.79 Å². The molecule has 0 saturated heterocycles. The summed E-state index contributed by atoms with van der Waals surface area (Å²) < 4.78 is 0. The van der Waals surface area contributed by atoms with Crippen molar-refractivity contribution in [3.63, 3.8) is 0 Å². The van der Waals surface area contributed by atoms with Gasteiger partial charge in [-0.05, 0) is 31.6 Å². The Morgan fingerprint density at radius 2 is 2.33 bits per heavy atom. The van der Waals surface area contributed by atoms with Crippen LogP contribution in [0.1, 0.15) is 25.7 Å². The van der Waals surface area contributed by atoms with Gasteiger partial charge >= 0.3 is 0 Å². The lowest BCUT2D eigenvalue weighted by Crippen LogP contribution is -2.18. The Hall–Kier alpha value is -0.850. The largest absolute Gasteiger partial charge is 0.303 e. The number of aldehydes is 1. The second-order valence-electron chi connectivity index (χ2n) is 3.78. The summed E-state index contributed by atoms with van der Waals surface area (Å²) in [6.07, 6.45) is 12.2. The van der Waals surface area contributed by atoms with E-state index in [1.165, 1.54) is 18.4 Å². The predicted octanol–water partition coefficient (Wildman–Crippen LogP) is 2.49. The highest BCUT2D eigenvalue weighted by Crippen LogP contribution is 2.36. The summed E-state index contributed by atoms with van der Waals surface area (Å²) in [6.45, 7) is 0. The number of hydrogen-bond acceptors (Lipinski definition) is 1. The highest BCUT2D eigenvalue weighted by atomic mass is 16.1. The number of hydrogen-bond donors (Lipinski definition) is 0. The first-order chi connectivity index (χ1) is 5.90. The molecule has 0 radical (unpaired) electrons. The molecule has 0 heterocycles. The third-order valence-corrected chi connectivity index (χ3v) is 2.97. The zero-order valence-corrected chi connectivity index (χ0v) is 7.20. The van der Waals surface area contributed by atoms with Gasteiger partial charge in [0.15, 0.2) is 0 Å². The zero-order chi connectivity index (χ0) is 8.39. The quantitative estimate of drug-likeness (QED) is 0.541. The average molecular weight is 162 g/mol. The molecule has 1 heteroatoms. The Labute approximate surface area is 73.2 Å². The van der Waals surface area contributed by atoms with E-state index in [0.717, 1.165) is 25.0 Å². The van der Waals surface area contributed by atoms with Crippen molar-refractivity contribution in [3.8, 4) is 0 Å². The van der Waals surface area contributed by atoms with E-state index in [0.29, 0.717) is 5.92 Å². The average Bonchev–Trinajstić information content (AvgIpc) is 2.17. The SMILES string of the molecule is O=CC1CCC2CC=CC=C2C1. The summed E-state index contributed by atoms with van der Waals surface area (Å²) >= 11 is 0. The monoisotopic (exact) mass is 162 g/mol. The van der Waals surface area contributed by atoms with Crippen molar-refractivity contribution in [2.75, 3.05) is 0 Å². The highest BCUT2D eigenvalue weighted by molar-refractivity contribution is 5.55. The molecule has 1 fully saturated rings. The van der Waals surface area contributed by atoms with Crippen LogP contribution in [0.15, 0.2) is 23.8 Å². The van der Waals surface area contributed by atoms with Crippen LogP contribution in [0.5, 0.6) is 0 Å². The third-order valence-electron chi connectivity index (χ3n) is 2.97. The normalized spacial score (nSPS) is 33.8. The molecule has 0 aromatic rings. The minimum Gasteiger partial charge on any atom is -0.303 e. The minimum absolute atomic E-state index is 0.305. The minimum atomic E-state index is 0.305. The topological polar surface area (TPSA) is 17.1 Å². The first-order valence-corrected chi connectivity index (χ1v) is 4.71. The lowest BCUT2D eigenvalue weighted by Gasteiger charge is -2.29. The molecule has 0 bridgehead atoms. The van der Waals surface area contributed by atoms with Gasteiger partial charge in [-0.25, -0.2) is 0 Å². The molecule has 2 rings (SSSR count). The summed E-state index contributed by atoms with van der Waals surface area (Å²) in [6, 6.07) is 0. The molecule has 1 nitrogen and oxygen atoms in total. The molecule has 0 aliphatic heterocycles. The van der Waals surface area contributed by atoms with Gasteiger partial charge < -0.3 is 4.79 Å². The summed E-state index contributed by atoms with van der Waals surface area (Å²) in [5.41, 5.74) is 1.50. The molecule has 2 atom stereocenters. The van der Waals surface area contributed by atoms with Crippen molar-refractivity contribution >= 4 is 6.29 Å². The van der Waals surface area contributed by atoms with Crippen molar-refractivity contribution in [1.82, 2.24) is 0 Å². The van der Waals surface area contributed by atoms with E-state index in [-0.39, 0.29) is 0 Å². The van der Waals surface area contributed by atoms with Crippen LogP contribution in [0.2, 0.25) is 0 Å². The number of rotatable bonds is 1. The van der Waals surface area contributed by atoms with E-state index in [1.54, 1.807) is 0 Å². The van der Waals surface area contributed by atoms with E-state index < -0.39 is 0 Å². The lowest BCUT2D eigenvalue weighted by atomic mass is 9.75. The molecule has 0 aromatic carbocycles. The van der Waals surface area contributed by atoms with Gasteiger partial charge in [-0.2, -0.15) is 0 Å². The third kappa shape index (κ3) is 1.36. The van der Waals surface area contributed by atoms with Gasteiger partial charge in [-0.1, -0.05) is 23.8 Å². The van der Waals surface area contributed by atoms with Crippen molar-refractivity contribution in [3.05, 3.63) is 23.8 Å². The molecule has 2 unspecified atom stereocenters. The summed E-state index contributed by atoms with van der Waals surface area (Å²) in [5, 5.41) is 0. The van der Waals surface area contributed by atoms with Crippen LogP contribution in [0.3, 0.4) is 0 Å². The Balaban J connectivity index is 2.10. The smallest absolute Gasteiger partial charge is 0.123 e. The first-order valence-electron chi connectivity index (χ1n) is 4.71. The summed E-state index contributed by atoms with van der Waals surface area (Å²) in [5.74, 6) is 1.06. The fraction of sp³-hybridized carbons (Fsp3) is 0.545. The van der Waals surface area contributed by atoms with Crippen LogP contribution in [0.4, 0.5) is 0 Å². The van der Waals surface area contributed by atoms with Crippen LogP contribution in [-0.2, 0) is 4.79 Å². The number of carbonyl (C=O) groups is 1. The number of fused-ring (bicyclic) bond motifs is 1. The molecular formula is C11H14O. The van der Waals surface area contributed by atoms with E-state index in [1.807, 2.05) is 0 Å². The maximum atomic E-state index is 10.6. The lowest BCUT2D eigenvalue weighted by molar-refractivity contribution is -0.111. The van der Waals surface area contributed by atoms with Crippen molar-refractivity contribution in [1.29, 1.82) is 0 Å². The molecule has 0 N–H and O–H groups in total. The van der Waals surface area contributed by atoms with Crippen LogP contribution >= 0.6 is 0 Å². The Morgan fingerprint density at radius 3 is 3.17 bits per heavy atom. The highest BCUT2D eigenvalue weighted by Gasteiger charge is 2.24. The molecular weight excluding hydrogens is 148 g/mol. The van der Waals surface area contributed by atoms with Gasteiger partial charge in [-0.3, -0.25) is 0 Å². The maximum Gasteiger partial charge on any atom is 0.123 e. The fourth-order valence-electron chi connectivity index (χ4n) is 2.20. The van der Waals surface area contributed by atoms with E-state index >= 15 is 0 Å². The molecule has 0 amide bonds. The molecule has 1 saturated carbocycles. The van der Waals surface area contributed by atoms with E-state index in [9.17, 15) is 4.79 Å². The van der Waals surface area contributed by atoms with Gasteiger partial charge in [0.1, 0.15) is 6.29 Å². The second kappa shape index (κ2) is 3.26. The molecule has 0 spiro atoms. The molecule has 2 aliphatic rings. The fourth-order valence-corrected chi connectivity index (χ4v) is 2.20. The first kappa shape index (κ1) is 7.78. The van der Waals surface area contributed by atoms with Crippen LogP contribution in [-0.4, -0.2) is 6.29 Å². The number of allylic oxidation sites excluding steroid dienone is 4. The Kier molecular flexibility index (Phi) is 2.11. The Morgan fingerprint density at radius 1 is 1.42 bits per heavy atom. The Bertz CT molecular complexity index is 237. The van der Waals surface area contributed by atoms with Gasteiger partial charge in [0.05, 0.1) is 0 Å². The van der Waals surface area contributed by atoms with E-state index in [4.69, 9.17) is 0 Å². The predicted molar refractivity (Wildman–Crippen MR) is 48.7 cm³/mol. The van der Waals surface area contributed by atoms with Crippen LogP contribution in [0, 0.1) is 11.8 Å². The summed E-state index contributed by atoms with van der Waals surface area (Å²) in [7, 11) is 0. The molecule has 12 heavy (non-hydrogen) atoms. The van der Waals surface area contributed by atoms with Crippen LogP contribution < -0.4 is 0 Å².